The fourth-order valence-corrected chi connectivity index (χ4v) is 6.98. The van der Waals surface area contributed by atoms with Crippen molar-refractivity contribution in [1.82, 2.24) is 26.6 Å². The summed E-state index contributed by atoms with van der Waals surface area (Å²) in [5, 5.41) is 15.7. The van der Waals surface area contributed by atoms with Gasteiger partial charge in [0.25, 0.3) is 0 Å². The Bertz CT molecular complexity index is 1210. The molecule has 8 nitrogen and oxygen atoms in total. The van der Waals surface area contributed by atoms with E-state index in [1.54, 1.807) is 18.8 Å². The summed E-state index contributed by atoms with van der Waals surface area (Å²) < 4.78 is -0.610. The molecule has 0 bridgehead atoms. The monoisotopic (exact) mass is 645 g/mol. The van der Waals surface area contributed by atoms with Crippen LogP contribution in [-0.4, -0.2) is 69.3 Å². The van der Waals surface area contributed by atoms with Gasteiger partial charge in [-0.3, -0.25) is 19.7 Å². The van der Waals surface area contributed by atoms with Gasteiger partial charge in [0.2, 0.25) is 11.8 Å². The third kappa shape index (κ3) is 11.7. The summed E-state index contributed by atoms with van der Waals surface area (Å²) in [5.41, 5.74) is 3.28. The van der Waals surface area contributed by atoms with E-state index in [4.69, 9.17) is 0 Å². The van der Waals surface area contributed by atoms with Crippen LogP contribution >= 0.6 is 11.8 Å². The fourth-order valence-electron chi connectivity index (χ4n) is 5.64. The third-order valence-corrected chi connectivity index (χ3v) is 9.45. The average molecular weight is 646 g/mol. The van der Waals surface area contributed by atoms with Crippen molar-refractivity contribution in [1.29, 1.82) is 0 Å². The summed E-state index contributed by atoms with van der Waals surface area (Å²) >= 11 is 1.60. The van der Waals surface area contributed by atoms with E-state index in [0.717, 1.165) is 48.9 Å². The topological polar surface area (TPSA) is 111 Å². The molecular formula is C37H51N5O3S. The molecule has 0 spiro atoms. The maximum absolute atomic E-state index is 13.8. The number of hydrogen-bond acceptors (Lipinski definition) is 7. The minimum Gasteiger partial charge on any atom is -0.356 e. The van der Waals surface area contributed by atoms with Crippen LogP contribution in [0.2, 0.25) is 0 Å². The lowest BCUT2D eigenvalue weighted by atomic mass is 9.84. The second kappa shape index (κ2) is 20.6. The van der Waals surface area contributed by atoms with Gasteiger partial charge in [-0.1, -0.05) is 97.4 Å². The van der Waals surface area contributed by atoms with Crippen molar-refractivity contribution in [2.24, 2.45) is 0 Å². The quantitative estimate of drug-likeness (QED) is 0.0618. The lowest BCUT2D eigenvalue weighted by molar-refractivity contribution is -0.122. The number of rotatable bonds is 22. The van der Waals surface area contributed by atoms with Crippen LogP contribution in [0, 0.1) is 0 Å². The van der Waals surface area contributed by atoms with Crippen molar-refractivity contribution in [3.63, 3.8) is 0 Å². The van der Waals surface area contributed by atoms with Crippen molar-refractivity contribution in [3.8, 4) is 0 Å². The molecule has 2 atom stereocenters. The van der Waals surface area contributed by atoms with E-state index < -0.39 is 4.75 Å². The summed E-state index contributed by atoms with van der Waals surface area (Å²) in [6.45, 7) is 3.23. The van der Waals surface area contributed by atoms with Gasteiger partial charge in [0.15, 0.2) is 5.78 Å². The highest BCUT2D eigenvalue weighted by molar-refractivity contribution is 8.01. The highest BCUT2D eigenvalue weighted by Crippen LogP contribution is 2.48. The Balaban J connectivity index is 1.84. The van der Waals surface area contributed by atoms with E-state index in [-0.39, 0.29) is 42.1 Å². The van der Waals surface area contributed by atoms with Crippen LogP contribution in [0.1, 0.15) is 62.1 Å². The molecule has 0 heterocycles. The van der Waals surface area contributed by atoms with E-state index in [2.05, 4.69) is 63.0 Å². The lowest BCUT2D eigenvalue weighted by Gasteiger charge is -2.35. The minimum atomic E-state index is -0.610. The first kappa shape index (κ1) is 37.0. The Kier molecular flexibility index (Phi) is 16.5. The SMILES string of the molecule is CNCCCC[C@H](NC(CCCCNC(C)=O)NC(=O)CSC(c1ccccc1)(c1ccccc1)c1ccccc1)C(=O)CNC. The predicted octanol–water partition coefficient (Wildman–Crippen LogP) is 4.60. The Labute approximate surface area is 279 Å². The summed E-state index contributed by atoms with van der Waals surface area (Å²) in [6.07, 6.45) is 4.34. The summed E-state index contributed by atoms with van der Waals surface area (Å²) in [4.78, 5) is 38.3. The molecule has 0 aliphatic rings. The van der Waals surface area contributed by atoms with E-state index in [0.29, 0.717) is 19.4 Å². The number of unbranched alkanes of at least 4 members (excludes halogenated alkanes) is 2. The average Bonchev–Trinajstić information content (AvgIpc) is 3.07. The maximum Gasteiger partial charge on any atom is 0.231 e. The molecule has 0 aliphatic carbocycles. The van der Waals surface area contributed by atoms with Crippen molar-refractivity contribution >= 4 is 29.4 Å². The number of likely N-dealkylation sites (N-methyl/N-ethyl adjacent to an activating group) is 1. The van der Waals surface area contributed by atoms with E-state index in [1.165, 1.54) is 6.92 Å². The summed E-state index contributed by atoms with van der Waals surface area (Å²) in [7, 11) is 3.70. The Hall–Kier alpha value is -3.50. The number of ketones is 1. The molecule has 0 aliphatic heterocycles. The first-order valence-electron chi connectivity index (χ1n) is 16.3. The maximum atomic E-state index is 13.8. The molecule has 9 heteroatoms. The first-order valence-corrected chi connectivity index (χ1v) is 17.3. The lowest BCUT2D eigenvalue weighted by Crippen LogP contribution is -2.53. The molecule has 0 radical (unpaired) electrons. The van der Waals surface area contributed by atoms with Gasteiger partial charge in [-0.15, -0.1) is 11.8 Å². The van der Waals surface area contributed by atoms with Crippen LogP contribution in [0.5, 0.6) is 0 Å². The number of nitrogens with one attached hydrogen (secondary N) is 5. The number of carbonyl (C=O) groups excluding carboxylic acids is 3. The van der Waals surface area contributed by atoms with Gasteiger partial charge in [-0.05, 0) is 69.4 Å². The van der Waals surface area contributed by atoms with E-state index >= 15 is 0 Å². The first-order chi connectivity index (χ1) is 22.4. The zero-order valence-electron chi connectivity index (χ0n) is 27.5. The minimum absolute atomic E-state index is 0.0574. The van der Waals surface area contributed by atoms with E-state index in [1.807, 2.05) is 61.6 Å². The summed E-state index contributed by atoms with van der Waals surface area (Å²) in [6, 6.07) is 30.6. The third-order valence-electron chi connectivity index (χ3n) is 7.90. The summed E-state index contributed by atoms with van der Waals surface area (Å²) in [5.74, 6) is 0.125. The molecule has 0 saturated carbocycles. The van der Waals surface area contributed by atoms with Gasteiger partial charge in [0, 0.05) is 13.5 Å². The number of thioether (sulfide) groups is 1. The van der Waals surface area contributed by atoms with Crippen molar-refractivity contribution < 1.29 is 14.4 Å². The van der Waals surface area contributed by atoms with Crippen molar-refractivity contribution in [3.05, 3.63) is 108 Å². The standard InChI is InChI=1S/C37H51N5O3S/c1-29(43)40-26-16-14-24-35(41-33(34(44)27-39-3)23-13-15-25-38-2)42-36(45)28-46-37(30-17-7-4-8-18-30,31-19-9-5-10-20-31)32-21-11-6-12-22-32/h4-12,17-22,33,35,38-39,41H,13-16,23-28H2,1-3H3,(H,40,43)(H,42,45)/t33-,35?/m0/s1. The Morgan fingerprint density at radius 3 is 1.72 bits per heavy atom. The van der Waals surface area contributed by atoms with Gasteiger partial charge in [0.1, 0.15) is 0 Å². The predicted molar refractivity (Wildman–Crippen MR) is 190 cm³/mol. The number of benzene rings is 3. The molecule has 3 aromatic rings. The molecule has 5 N–H and O–H groups in total. The number of amides is 2. The molecule has 46 heavy (non-hydrogen) atoms. The van der Waals surface area contributed by atoms with Crippen LogP contribution in [-0.2, 0) is 19.1 Å². The van der Waals surface area contributed by atoms with Crippen LogP contribution < -0.4 is 26.6 Å². The van der Waals surface area contributed by atoms with Crippen LogP contribution in [0.3, 0.4) is 0 Å². The highest BCUT2D eigenvalue weighted by atomic mass is 32.2. The second-order valence-corrected chi connectivity index (χ2v) is 12.7. The molecular weight excluding hydrogens is 595 g/mol. The van der Waals surface area contributed by atoms with Crippen LogP contribution in [0.4, 0.5) is 0 Å². The molecule has 248 valence electrons. The molecule has 0 aromatic heterocycles. The molecule has 2 amide bonds. The van der Waals surface area contributed by atoms with Gasteiger partial charge in [-0.2, -0.15) is 0 Å². The Morgan fingerprint density at radius 1 is 0.696 bits per heavy atom. The number of carbonyl (C=O) groups is 3. The van der Waals surface area contributed by atoms with Crippen molar-refractivity contribution in [2.45, 2.75) is 62.4 Å². The molecule has 0 saturated heterocycles. The zero-order chi connectivity index (χ0) is 33.0. The van der Waals surface area contributed by atoms with Gasteiger partial charge in [0.05, 0.1) is 29.3 Å². The molecule has 3 rings (SSSR count). The molecule has 1 unspecified atom stereocenters. The largest absolute Gasteiger partial charge is 0.356 e. The normalized spacial score (nSPS) is 12.7. The smallest absolute Gasteiger partial charge is 0.231 e. The molecule has 3 aromatic carbocycles. The second-order valence-electron chi connectivity index (χ2n) is 11.5. The number of hydrogen-bond donors (Lipinski definition) is 5. The zero-order valence-corrected chi connectivity index (χ0v) is 28.3. The van der Waals surface area contributed by atoms with Crippen molar-refractivity contribution in [2.75, 3.05) is 39.5 Å². The van der Waals surface area contributed by atoms with Crippen LogP contribution in [0.25, 0.3) is 0 Å². The van der Waals surface area contributed by atoms with Crippen LogP contribution in [0.15, 0.2) is 91.0 Å². The molecule has 0 fully saturated rings. The van der Waals surface area contributed by atoms with Gasteiger partial charge < -0.3 is 21.3 Å². The Morgan fingerprint density at radius 2 is 1.22 bits per heavy atom. The highest BCUT2D eigenvalue weighted by Gasteiger charge is 2.37. The fraction of sp³-hybridized carbons (Fsp3) is 0.432. The number of Topliss-reactive ketones (excluding diaryl/α,β-unsaturated/α-hetero) is 1. The van der Waals surface area contributed by atoms with Gasteiger partial charge >= 0.3 is 0 Å². The van der Waals surface area contributed by atoms with E-state index in [9.17, 15) is 14.4 Å². The van der Waals surface area contributed by atoms with Gasteiger partial charge in [-0.25, -0.2) is 0 Å².